The SMILES string of the molecule is Cn1cnnc1CCn1c(N)nc2cc(Cl)cnc21. The van der Waals surface area contributed by atoms with Crippen molar-refractivity contribution in [3.63, 3.8) is 0 Å². The van der Waals surface area contributed by atoms with Gasteiger partial charge in [-0.1, -0.05) is 11.6 Å². The van der Waals surface area contributed by atoms with E-state index >= 15 is 0 Å². The van der Waals surface area contributed by atoms with E-state index in [0.29, 0.717) is 29.5 Å². The van der Waals surface area contributed by atoms with E-state index in [1.165, 1.54) is 0 Å². The van der Waals surface area contributed by atoms with Gasteiger partial charge in [0.15, 0.2) is 5.65 Å². The van der Waals surface area contributed by atoms with E-state index < -0.39 is 0 Å². The van der Waals surface area contributed by atoms with E-state index in [2.05, 4.69) is 20.2 Å². The molecule has 0 spiro atoms. The molecule has 8 heteroatoms. The highest BCUT2D eigenvalue weighted by atomic mass is 35.5. The van der Waals surface area contributed by atoms with Crippen LogP contribution < -0.4 is 5.73 Å². The van der Waals surface area contributed by atoms with Crippen molar-refractivity contribution in [2.75, 3.05) is 5.73 Å². The summed E-state index contributed by atoms with van der Waals surface area (Å²) in [5.41, 5.74) is 7.33. The lowest BCUT2D eigenvalue weighted by Gasteiger charge is -2.05. The van der Waals surface area contributed by atoms with Crippen molar-refractivity contribution in [1.82, 2.24) is 29.3 Å². The number of nitrogen functional groups attached to an aromatic ring is 1. The summed E-state index contributed by atoms with van der Waals surface area (Å²) >= 11 is 5.89. The molecule has 0 amide bonds. The van der Waals surface area contributed by atoms with Crippen molar-refractivity contribution in [2.24, 2.45) is 7.05 Å². The molecule has 0 unspecified atom stereocenters. The number of hydrogen-bond acceptors (Lipinski definition) is 5. The lowest BCUT2D eigenvalue weighted by atomic mass is 10.4. The monoisotopic (exact) mass is 277 g/mol. The van der Waals surface area contributed by atoms with Gasteiger partial charge in [0.25, 0.3) is 0 Å². The first-order valence-electron chi connectivity index (χ1n) is 5.75. The fraction of sp³-hybridized carbons (Fsp3) is 0.273. The minimum Gasteiger partial charge on any atom is -0.369 e. The van der Waals surface area contributed by atoms with E-state index in [4.69, 9.17) is 17.3 Å². The largest absolute Gasteiger partial charge is 0.369 e. The second-order valence-electron chi connectivity index (χ2n) is 4.23. The molecule has 0 saturated carbocycles. The molecule has 0 fully saturated rings. The normalized spacial score (nSPS) is 11.3. The van der Waals surface area contributed by atoms with Crippen LogP contribution in [0.15, 0.2) is 18.6 Å². The molecular formula is C11H12ClN7. The fourth-order valence-corrected chi connectivity index (χ4v) is 2.12. The van der Waals surface area contributed by atoms with Gasteiger partial charge in [-0.05, 0) is 6.07 Å². The average molecular weight is 278 g/mol. The average Bonchev–Trinajstić information content (AvgIpc) is 2.90. The number of anilines is 1. The third kappa shape index (κ3) is 2.12. The van der Waals surface area contributed by atoms with Crippen molar-refractivity contribution in [3.8, 4) is 0 Å². The number of nitrogens with zero attached hydrogens (tertiary/aromatic N) is 6. The van der Waals surface area contributed by atoms with Crippen LogP contribution in [0.3, 0.4) is 0 Å². The van der Waals surface area contributed by atoms with Gasteiger partial charge in [0.2, 0.25) is 5.95 Å². The van der Waals surface area contributed by atoms with Crippen molar-refractivity contribution >= 4 is 28.7 Å². The van der Waals surface area contributed by atoms with Crippen LogP contribution >= 0.6 is 11.6 Å². The first-order valence-corrected chi connectivity index (χ1v) is 6.13. The molecule has 3 aromatic heterocycles. The number of rotatable bonds is 3. The van der Waals surface area contributed by atoms with E-state index in [0.717, 1.165) is 11.5 Å². The molecule has 0 aliphatic heterocycles. The van der Waals surface area contributed by atoms with Crippen molar-refractivity contribution in [1.29, 1.82) is 0 Å². The maximum atomic E-state index is 5.91. The van der Waals surface area contributed by atoms with Gasteiger partial charge in [0, 0.05) is 26.2 Å². The highest BCUT2D eigenvalue weighted by molar-refractivity contribution is 6.31. The number of imidazole rings is 1. The second-order valence-corrected chi connectivity index (χ2v) is 4.66. The smallest absolute Gasteiger partial charge is 0.202 e. The van der Waals surface area contributed by atoms with Crippen molar-refractivity contribution < 1.29 is 0 Å². The van der Waals surface area contributed by atoms with E-state index in [1.54, 1.807) is 18.6 Å². The quantitative estimate of drug-likeness (QED) is 0.773. The Morgan fingerprint density at radius 1 is 1.42 bits per heavy atom. The van der Waals surface area contributed by atoms with E-state index in [1.807, 2.05) is 16.2 Å². The molecule has 3 heterocycles. The number of aromatic nitrogens is 6. The van der Waals surface area contributed by atoms with Gasteiger partial charge in [0.1, 0.15) is 17.7 Å². The van der Waals surface area contributed by atoms with E-state index in [-0.39, 0.29) is 0 Å². The summed E-state index contributed by atoms with van der Waals surface area (Å²) in [7, 11) is 1.91. The van der Waals surface area contributed by atoms with Crippen LogP contribution in [-0.2, 0) is 20.0 Å². The Balaban J connectivity index is 1.92. The van der Waals surface area contributed by atoms with Crippen LogP contribution in [0.2, 0.25) is 5.02 Å². The Morgan fingerprint density at radius 2 is 2.26 bits per heavy atom. The Labute approximate surface area is 114 Å². The van der Waals surface area contributed by atoms with Crippen molar-refractivity contribution in [2.45, 2.75) is 13.0 Å². The highest BCUT2D eigenvalue weighted by Gasteiger charge is 2.11. The third-order valence-electron chi connectivity index (χ3n) is 2.95. The molecule has 0 aliphatic rings. The lowest BCUT2D eigenvalue weighted by Crippen LogP contribution is -2.09. The number of hydrogen-bond donors (Lipinski definition) is 1. The Kier molecular flexibility index (Phi) is 2.83. The number of halogens is 1. The van der Waals surface area contributed by atoms with Crippen LogP contribution in [0.4, 0.5) is 5.95 Å². The van der Waals surface area contributed by atoms with Crippen LogP contribution in [0, 0.1) is 0 Å². The summed E-state index contributed by atoms with van der Waals surface area (Å²) < 4.78 is 3.72. The van der Waals surface area contributed by atoms with Gasteiger partial charge >= 0.3 is 0 Å². The molecule has 0 bridgehead atoms. The summed E-state index contributed by atoms with van der Waals surface area (Å²) in [6.07, 6.45) is 3.96. The fourth-order valence-electron chi connectivity index (χ4n) is 1.97. The Hall–Kier alpha value is -2.15. The molecule has 0 saturated heterocycles. The molecule has 98 valence electrons. The van der Waals surface area contributed by atoms with Crippen LogP contribution in [0.1, 0.15) is 5.82 Å². The minimum atomic E-state index is 0.423. The standard InChI is InChI=1S/C11H12ClN7/c1-18-6-15-17-9(18)2-3-19-10-8(16-11(19)13)4-7(12)5-14-10/h4-6H,2-3H2,1H3,(H2,13,16). The zero-order valence-electron chi connectivity index (χ0n) is 10.3. The summed E-state index contributed by atoms with van der Waals surface area (Å²) in [6.45, 7) is 0.642. The first kappa shape index (κ1) is 11.9. The number of pyridine rings is 1. The molecular weight excluding hydrogens is 266 g/mol. The summed E-state index contributed by atoms with van der Waals surface area (Å²) in [5, 5.41) is 8.42. The summed E-state index contributed by atoms with van der Waals surface area (Å²) in [4.78, 5) is 8.52. The Morgan fingerprint density at radius 3 is 3.00 bits per heavy atom. The van der Waals surface area contributed by atoms with Crippen molar-refractivity contribution in [3.05, 3.63) is 29.4 Å². The number of aryl methyl sites for hydroxylation is 3. The molecule has 0 aromatic carbocycles. The Bertz CT molecular complexity index is 730. The molecule has 19 heavy (non-hydrogen) atoms. The topological polar surface area (TPSA) is 87.4 Å². The second kappa shape index (κ2) is 4.51. The van der Waals surface area contributed by atoms with Crippen LogP contribution in [0.5, 0.6) is 0 Å². The predicted molar refractivity (Wildman–Crippen MR) is 71.7 cm³/mol. The van der Waals surface area contributed by atoms with E-state index in [9.17, 15) is 0 Å². The van der Waals surface area contributed by atoms with Crippen LogP contribution in [0.25, 0.3) is 11.2 Å². The minimum absolute atomic E-state index is 0.423. The maximum absolute atomic E-state index is 5.91. The van der Waals surface area contributed by atoms with Crippen LogP contribution in [-0.4, -0.2) is 29.3 Å². The summed E-state index contributed by atoms with van der Waals surface area (Å²) in [5.74, 6) is 1.31. The van der Waals surface area contributed by atoms with Gasteiger partial charge < -0.3 is 10.3 Å². The zero-order valence-corrected chi connectivity index (χ0v) is 11.0. The highest BCUT2D eigenvalue weighted by Crippen LogP contribution is 2.19. The summed E-state index contributed by atoms with van der Waals surface area (Å²) in [6, 6.07) is 1.75. The maximum Gasteiger partial charge on any atom is 0.202 e. The molecule has 0 aliphatic carbocycles. The van der Waals surface area contributed by atoms with Gasteiger partial charge in [-0.2, -0.15) is 0 Å². The molecule has 2 N–H and O–H groups in total. The number of nitrogens with two attached hydrogens (primary N) is 1. The third-order valence-corrected chi connectivity index (χ3v) is 3.15. The molecule has 0 radical (unpaired) electrons. The van der Waals surface area contributed by atoms with Gasteiger partial charge in [0.05, 0.1) is 5.02 Å². The van der Waals surface area contributed by atoms with Gasteiger partial charge in [-0.3, -0.25) is 4.57 Å². The molecule has 3 aromatic rings. The molecule has 3 rings (SSSR count). The first-order chi connectivity index (χ1) is 9.15. The molecule has 0 atom stereocenters. The number of fused-ring (bicyclic) bond motifs is 1. The van der Waals surface area contributed by atoms with Gasteiger partial charge in [-0.25, -0.2) is 9.97 Å². The lowest BCUT2D eigenvalue weighted by molar-refractivity contribution is 0.665. The zero-order chi connectivity index (χ0) is 13.4. The molecule has 7 nitrogen and oxygen atoms in total. The predicted octanol–water partition coefficient (Wildman–Crippen LogP) is 1.04. The van der Waals surface area contributed by atoms with Gasteiger partial charge in [-0.15, -0.1) is 10.2 Å².